The maximum atomic E-state index is 12.2. The van der Waals surface area contributed by atoms with Crippen molar-refractivity contribution < 1.29 is 4.79 Å². The zero-order chi connectivity index (χ0) is 15.6. The SMILES string of the molecule is Cc1nnc(S[C@@H](C)C(=O)Nc2c(Cl)cccc2Cl)n1C. The minimum absolute atomic E-state index is 0.198. The van der Waals surface area contributed by atoms with Crippen molar-refractivity contribution in [1.29, 1.82) is 0 Å². The number of amides is 1. The second-order valence-corrected chi connectivity index (χ2v) is 6.56. The van der Waals surface area contributed by atoms with Gasteiger partial charge in [-0.15, -0.1) is 10.2 Å². The first-order valence-electron chi connectivity index (χ1n) is 6.17. The molecule has 0 bridgehead atoms. The van der Waals surface area contributed by atoms with Gasteiger partial charge in [0.05, 0.1) is 21.0 Å². The molecular weight excluding hydrogens is 331 g/mol. The van der Waals surface area contributed by atoms with Crippen molar-refractivity contribution >= 4 is 46.6 Å². The third-order valence-corrected chi connectivity index (χ3v) is 4.68. The molecule has 1 amide bonds. The summed E-state index contributed by atoms with van der Waals surface area (Å²) in [6.07, 6.45) is 0. The van der Waals surface area contributed by atoms with Crippen LogP contribution in [0.2, 0.25) is 10.0 Å². The average molecular weight is 345 g/mol. The van der Waals surface area contributed by atoms with Crippen LogP contribution in [0, 0.1) is 6.92 Å². The highest BCUT2D eigenvalue weighted by Crippen LogP contribution is 2.31. The van der Waals surface area contributed by atoms with E-state index < -0.39 is 0 Å². The Hall–Kier alpha value is -1.24. The number of halogens is 2. The maximum absolute atomic E-state index is 12.2. The van der Waals surface area contributed by atoms with Gasteiger partial charge in [0.15, 0.2) is 5.16 Å². The molecular formula is C13H14Cl2N4OS. The minimum atomic E-state index is -0.361. The van der Waals surface area contributed by atoms with Gasteiger partial charge in [-0.2, -0.15) is 0 Å². The molecule has 2 aromatic rings. The molecule has 1 N–H and O–H groups in total. The first-order chi connectivity index (χ1) is 9.90. The van der Waals surface area contributed by atoms with Crippen LogP contribution in [-0.4, -0.2) is 25.9 Å². The fourth-order valence-corrected chi connectivity index (χ4v) is 2.90. The molecule has 5 nitrogen and oxygen atoms in total. The van der Waals surface area contributed by atoms with E-state index >= 15 is 0 Å². The number of nitrogens with zero attached hydrogens (tertiary/aromatic N) is 3. The Morgan fingerprint density at radius 2 is 1.95 bits per heavy atom. The predicted molar refractivity (Wildman–Crippen MR) is 86.2 cm³/mol. The molecule has 112 valence electrons. The molecule has 0 aliphatic heterocycles. The number of anilines is 1. The number of carbonyl (C=O) groups excluding carboxylic acids is 1. The van der Waals surface area contributed by atoms with Crippen LogP contribution in [0.15, 0.2) is 23.4 Å². The first-order valence-corrected chi connectivity index (χ1v) is 7.81. The largest absolute Gasteiger partial charge is 0.323 e. The van der Waals surface area contributed by atoms with E-state index in [1.807, 2.05) is 18.5 Å². The maximum Gasteiger partial charge on any atom is 0.237 e. The molecule has 1 aromatic carbocycles. The number of thioether (sulfide) groups is 1. The third-order valence-electron chi connectivity index (χ3n) is 2.91. The van der Waals surface area contributed by atoms with E-state index in [9.17, 15) is 4.79 Å². The number of benzene rings is 1. The Kier molecular flexibility index (Phi) is 5.13. The monoisotopic (exact) mass is 344 g/mol. The molecule has 1 heterocycles. The molecule has 0 saturated carbocycles. The number of aryl methyl sites for hydroxylation is 1. The summed E-state index contributed by atoms with van der Waals surface area (Å²) in [7, 11) is 1.85. The van der Waals surface area contributed by atoms with Gasteiger partial charge in [0.1, 0.15) is 5.82 Å². The Morgan fingerprint density at radius 3 is 2.48 bits per heavy atom. The van der Waals surface area contributed by atoms with E-state index in [1.54, 1.807) is 25.1 Å². The van der Waals surface area contributed by atoms with Gasteiger partial charge in [0, 0.05) is 7.05 Å². The van der Waals surface area contributed by atoms with Gasteiger partial charge in [-0.25, -0.2) is 0 Å². The number of aromatic nitrogens is 3. The van der Waals surface area contributed by atoms with E-state index in [1.165, 1.54) is 11.8 Å². The molecule has 2 rings (SSSR count). The average Bonchev–Trinajstić information content (AvgIpc) is 2.75. The molecule has 21 heavy (non-hydrogen) atoms. The Labute approximate surface area is 137 Å². The number of hydrogen-bond acceptors (Lipinski definition) is 4. The van der Waals surface area contributed by atoms with E-state index in [-0.39, 0.29) is 11.2 Å². The second-order valence-electron chi connectivity index (χ2n) is 4.43. The standard InChI is InChI=1S/C13H14Cl2N4OS/c1-7(21-13-18-17-8(2)19(13)3)12(20)16-11-9(14)5-4-6-10(11)15/h4-7H,1-3H3,(H,16,20)/t7-/m0/s1. The molecule has 0 aliphatic carbocycles. The van der Waals surface area contributed by atoms with Crippen molar-refractivity contribution in [3.8, 4) is 0 Å². The quantitative estimate of drug-likeness (QED) is 0.861. The highest BCUT2D eigenvalue weighted by molar-refractivity contribution is 8.00. The minimum Gasteiger partial charge on any atom is -0.323 e. The van der Waals surface area contributed by atoms with Gasteiger partial charge < -0.3 is 9.88 Å². The zero-order valence-electron chi connectivity index (χ0n) is 11.7. The predicted octanol–water partition coefficient (Wildman–Crippen LogP) is 3.55. The smallest absolute Gasteiger partial charge is 0.237 e. The third kappa shape index (κ3) is 3.70. The lowest BCUT2D eigenvalue weighted by atomic mass is 10.3. The van der Waals surface area contributed by atoms with Crippen molar-refractivity contribution in [2.75, 3.05) is 5.32 Å². The van der Waals surface area contributed by atoms with Crippen LogP contribution in [0.4, 0.5) is 5.69 Å². The summed E-state index contributed by atoms with van der Waals surface area (Å²) in [5, 5.41) is 11.9. The number of nitrogens with one attached hydrogen (secondary N) is 1. The van der Waals surface area contributed by atoms with E-state index in [0.29, 0.717) is 20.9 Å². The second kappa shape index (κ2) is 6.68. The summed E-state index contributed by atoms with van der Waals surface area (Å²) in [5.74, 6) is 0.593. The number of para-hydroxylation sites is 1. The van der Waals surface area contributed by atoms with Crippen LogP contribution >= 0.6 is 35.0 Å². The van der Waals surface area contributed by atoms with Crippen molar-refractivity contribution in [1.82, 2.24) is 14.8 Å². The molecule has 0 fully saturated rings. The molecule has 1 aromatic heterocycles. The lowest BCUT2D eigenvalue weighted by Crippen LogP contribution is -2.23. The fourth-order valence-electron chi connectivity index (χ4n) is 1.54. The van der Waals surface area contributed by atoms with Crippen molar-refractivity contribution in [3.05, 3.63) is 34.1 Å². The van der Waals surface area contributed by atoms with Gasteiger partial charge in [0.25, 0.3) is 0 Å². The van der Waals surface area contributed by atoms with Crippen LogP contribution in [0.1, 0.15) is 12.7 Å². The van der Waals surface area contributed by atoms with Gasteiger partial charge in [0.2, 0.25) is 5.91 Å². The Morgan fingerprint density at radius 1 is 1.33 bits per heavy atom. The van der Waals surface area contributed by atoms with Gasteiger partial charge in [-0.05, 0) is 26.0 Å². The molecule has 8 heteroatoms. The fraction of sp³-hybridized carbons (Fsp3) is 0.308. The Balaban J connectivity index is 2.08. The highest BCUT2D eigenvalue weighted by Gasteiger charge is 2.19. The van der Waals surface area contributed by atoms with E-state index in [0.717, 1.165) is 5.82 Å². The van der Waals surface area contributed by atoms with Crippen LogP contribution in [-0.2, 0) is 11.8 Å². The van der Waals surface area contributed by atoms with Crippen molar-refractivity contribution in [2.24, 2.45) is 7.05 Å². The number of hydrogen-bond donors (Lipinski definition) is 1. The molecule has 0 radical (unpaired) electrons. The molecule has 0 spiro atoms. The number of rotatable bonds is 4. The summed E-state index contributed by atoms with van der Waals surface area (Å²) in [6.45, 7) is 3.64. The normalized spacial score (nSPS) is 12.2. The van der Waals surface area contributed by atoms with Gasteiger partial charge >= 0.3 is 0 Å². The first kappa shape index (κ1) is 16.1. The molecule has 0 saturated heterocycles. The topological polar surface area (TPSA) is 59.8 Å². The van der Waals surface area contributed by atoms with Crippen LogP contribution in [0.5, 0.6) is 0 Å². The van der Waals surface area contributed by atoms with E-state index in [4.69, 9.17) is 23.2 Å². The summed E-state index contributed by atoms with van der Waals surface area (Å²) < 4.78 is 1.83. The van der Waals surface area contributed by atoms with Gasteiger partial charge in [-0.1, -0.05) is 41.0 Å². The van der Waals surface area contributed by atoms with Crippen molar-refractivity contribution in [2.45, 2.75) is 24.3 Å². The van der Waals surface area contributed by atoms with Crippen molar-refractivity contribution in [3.63, 3.8) is 0 Å². The van der Waals surface area contributed by atoms with Crippen LogP contribution in [0.25, 0.3) is 0 Å². The van der Waals surface area contributed by atoms with Crippen LogP contribution in [0.3, 0.4) is 0 Å². The molecule has 0 unspecified atom stereocenters. The zero-order valence-corrected chi connectivity index (χ0v) is 14.1. The van der Waals surface area contributed by atoms with Crippen LogP contribution < -0.4 is 5.32 Å². The highest BCUT2D eigenvalue weighted by atomic mass is 35.5. The summed E-state index contributed by atoms with van der Waals surface area (Å²) in [5.41, 5.74) is 0.424. The molecule has 0 aliphatic rings. The Bertz CT molecular complexity index is 654. The summed E-state index contributed by atoms with van der Waals surface area (Å²) in [6, 6.07) is 5.07. The lowest BCUT2D eigenvalue weighted by molar-refractivity contribution is -0.115. The van der Waals surface area contributed by atoms with E-state index in [2.05, 4.69) is 15.5 Å². The summed E-state index contributed by atoms with van der Waals surface area (Å²) >= 11 is 13.4. The summed E-state index contributed by atoms with van der Waals surface area (Å²) in [4.78, 5) is 12.2. The molecule has 1 atom stereocenters. The lowest BCUT2D eigenvalue weighted by Gasteiger charge is -2.13. The van der Waals surface area contributed by atoms with Gasteiger partial charge in [-0.3, -0.25) is 4.79 Å². The number of carbonyl (C=O) groups is 1.